The van der Waals surface area contributed by atoms with Crippen molar-refractivity contribution in [3.05, 3.63) is 118 Å². The number of pyridine rings is 2. The van der Waals surface area contributed by atoms with E-state index in [2.05, 4.69) is 59.5 Å². The van der Waals surface area contributed by atoms with E-state index in [4.69, 9.17) is 9.40 Å². The predicted molar refractivity (Wildman–Crippen MR) is 207 cm³/mol. The number of aromatic nitrogens is 4. The van der Waals surface area contributed by atoms with Crippen LogP contribution in [0, 0.1) is 11.8 Å². The molecule has 4 aromatic heterocycles. The Morgan fingerprint density at radius 1 is 0.944 bits per heavy atom. The third kappa shape index (κ3) is 6.11. The number of piperidine rings is 1. The quantitative estimate of drug-likeness (QED) is 0.152. The Morgan fingerprint density at radius 3 is 2.56 bits per heavy atom. The first kappa shape index (κ1) is 34.3. The van der Waals surface area contributed by atoms with Crippen LogP contribution in [-0.2, 0) is 23.7 Å². The van der Waals surface area contributed by atoms with E-state index in [-0.39, 0.29) is 48.0 Å². The Morgan fingerprint density at radius 2 is 1.78 bits per heavy atom. The number of nitrogens with zero attached hydrogens (tertiary/aromatic N) is 4. The van der Waals surface area contributed by atoms with E-state index < -0.39 is 5.92 Å². The molecule has 1 aliphatic heterocycles. The van der Waals surface area contributed by atoms with Crippen molar-refractivity contribution in [2.75, 3.05) is 6.54 Å². The monoisotopic (exact) mass is 716 g/mol. The third-order valence-electron chi connectivity index (χ3n) is 10.1. The van der Waals surface area contributed by atoms with Crippen molar-refractivity contribution in [3.63, 3.8) is 0 Å². The van der Waals surface area contributed by atoms with Gasteiger partial charge in [-0.3, -0.25) is 38.8 Å². The first-order chi connectivity index (χ1) is 26.1. The number of rotatable bonds is 6. The summed E-state index contributed by atoms with van der Waals surface area (Å²) in [6.07, 6.45) is 4.22. The van der Waals surface area contributed by atoms with Gasteiger partial charge in [-0.1, -0.05) is 50.1 Å². The van der Waals surface area contributed by atoms with Crippen LogP contribution in [0.5, 0.6) is 0 Å². The standard InChI is InChI=1S/C43H36N6O5/c1-24(2)32-18-27(20-37-40(32)49(4)43(53)48(37)3)29-10-5-8-25-19-36(46-23-34(25)29)26-13-15-35(45-22-26)42(52)44-17-7-9-28-21-33-30(11-6-12-38(33)54-28)31-14-16-39(50)47-41(31)51/h5-6,8,10-13,15,18-24,31H,14,16-17H2,1-4H3,(H,44,52)(H,47,50,51). The molecule has 8 rings (SSSR count). The summed E-state index contributed by atoms with van der Waals surface area (Å²) < 4.78 is 9.30. The number of carbonyl (C=O) groups excluding carboxylic acids is 3. The van der Waals surface area contributed by atoms with E-state index in [1.807, 2.05) is 49.6 Å². The van der Waals surface area contributed by atoms with Crippen molar-refractivity contribution in [3.8, 4) is 34.2 Å². The van der Waals surface area contributed by atoms with Gasteiger partial charge in [0, 0.05) is 55.3 Å². The lowest BCUT2D eigenvalue weighted by atomic mass is 9.88. The summed E-state index contributed by atoms with van der Waals surface area (Å²) in [7, 11) is 3.62. The first-order valence-corrected chi connectivity index (χ1v) is 17.8. The molecule has 7 aromatic rings. The Hall–Kier alpha value is -6.80. The van der Waals surface area contributed by atoms with Crippen LogP contribution in [0.3, 0.4) is 0 Å². The molecule has 1 saturated heterocycles. The fourth-order valence-electron chi connectivity index (χ4n) is 7.33. The fourth-order valence-corrected chi connectivity index (χ4v) is 7.33. The largest absolute Gasteiger partial charge is 0.448 e. The Labute approximate surface area is 310 Å². The maximum Gasteiger partial charge on any atom is 0.328 e. The molecule has 268 valence electrons. The molecule has 0 radical (unpaired) electrons. The number of imidazole rings is 1. The van der Waals surface area contributed by atoms with E-state index in [0.29, 0.717) is 17.8 Å². The number of hydrogen-bond donors (Lipinski definition) is 2. The van der Waals surface area contributed by atoms with Gasteiger partial charge in [-0.2, -0.15) is 0 Å². The lowest BCUT2D eigenvalue weighted by molar-refractivity contribution is -0.134. The summed E-state index contributed by atoms with van der Waals surface area (Å²) in [5.74, 6) is 5.10. The fraction of sp³-hybridized carbons (Fsp3) is 0.209. The van der Waals surface area contributed by atoms with Crippen molar-refractivity contribution < 1.29 is 18.8 Å². The van der Waals surface area contributed by atoms with Crippen LogP contribution in [-0.4, -0.2) is 43.4 Å². The molecule has 0 aliphatic carbocycles. The molecule has 0 spiro atoms. The summed E-state index contributed by atoms with van der Waals surface area (Å²) in [4.78, 5) is 59.0. The molecule has 0 bridgehead atoms. The summed E-state index contributed by atoms with van der Waals surface area (Å²) in [6, 6.07) is 23.1. The Bertz CT molecular complexity index is 2800. The molecule has 11 nitrogen and oxygen atoms in total. The van der Waals surface area contributed by atoms with Gasteiger partial charge in [0.1, 0.15) is 11.3 Å². The second-order valence-corrected chi connectivity index (χ2v) is 13.9. The van der Waals surface area contributed by atoms with Crippen molar-refractivity contribution in [1.82, 2.24) is 29.7 Å². The van der Waals surface area contributed by atoms with Crippen molar-refractivity contribution in [1.29, 1.82) is 0 Å². The smallest absolute Gasteiger partial charge is 0.328 e. The minimum atomic E-state index is -0.438. The first-order valence-electron chi connectivity index (χ1n) is 17.8. The molecule has 1 atom stereocenters. The SMILES string of the molecule is CC(C)c1cc(-c2cccc3cc(-c4ccc(C(=O)NCC#Cc5cc6c(C7CCC(=O)NC7=O)cccc6o5)nc4)ncc23)cc2c1n(C)c(=O)n2C. The zero-order chi connectivity index (χ0) is 37.7. The average molecular weight is 717 g/mol. The van der Waals surface area contributed by atoms with E-state index in [9.17, 15) is 19.2 Å². The summed E-state index contributed by atoms with van der Waals surface area (Å²) >= 11 is 0. The van der Waals surface area contributed by atoms with Crippen LogP contribution in [0.2, 0.25) is 0 Å². The number of hydrogen-bond acceptors (Lipinski definition) is 7. The van der Waals surface area contributed by atoms with Gasteiger partial charge < -0.3 is 9.73 Å². The van der Waals surface area contributed by atoms with E-state index >= 15 is 0 Å². The van der Waals surface area contributed by atoms with Gasteiger partial charge in [0.25, 0.3) is 5.91 Å². The summed E-state index contributed by atoms with van der Waals surface area (Å²) in [5.41, 5.74) is 8.06. The zero-order valence-corrected chi connectivity index (χ0v) is 30.2. The van der Waals surface area contributed by atoms with Crippen LogP contribution in [0.1, 0.15) is 65.9 Å². The van der Waals surface area contributed by atoms with Gasteiger partial charge in [0.15, 0.2) is 5.76 Å². The highest BCUT2D eigenvalue weighted by atomic mass is 16.3. The minimum Gasteiger partial charge on any atom is -0.448 e. The van der Waals surface area contributed by atoms with Crippen molar-refractivity contribution in [2.24, 2.45) is 14.1 Å². The maximum absolute atomic E-state index is 12.9. The molecule has 1 unspecified atom stereocenters. The van der Waals surface area contributed by atoms with E-state index in [1.165, 1.54) is 0 Å². The average Bonchev–Trinajstić information content (AvgIpc) is 3.70. The molecule has 3 amide bonds. The van der Waals surface area contributed by atoms with Gasteiger partial charge in [0.2, 0.25) is 11.8 Å². The highest BCUT2D eigenvalue weighted by molar-refractivity contribution is 6.03. The summed E-state index contributed by atoms with van der Waals surface area (Å²) in [5, 5.41) is 7.94. The number of fused-ring (bicyclic) bond motifs is 3. The van der Waals surface area contributed by atoms with E-state index in [0.717, 1.165) is 60.7 Å². The zero-order valence-electron chi connectivity index (χ0n) is 30.2. The van der Waals surface area contributed by atoms with Gasteiger partial charge in [-0.05, 0) is 82.3 Å². The molecule has 3 aromatic carbocycles. The molecule has 54 heavy (non-hydrogen) atoms. The maximum atomic E-state index is 12.9. The second kappa shape index (κ2) is 13.6. The number of aryl methyl sites for hydroxylation is 2. The lowest BCUT2D eigenvalue weighted by Gasteiger charge is -2.21. The number of imide groups is 1. The predicted octanol–water partition coefficient (Wildman–Crippen LogP) is 6.33. The molecule has 11 heteroatoms. The van der Waals surface area contributed by atoms with Crippen LogP contribution in [0.4, 0.5) is 0 Å². The normalized spacial score (nSPS) is 14.4. The van der Waals surface area contributed by atoms with Gasteiger partial charge in [0.05, 0.1) is 29.2 Å². The van der Waals surface area contributed by atoms with Crippen LogP contribution in [0.15, 0.2) is 94.4 Å². The molecular formula is C43H36N6O5. The molecular weight excluding hydrogens is 681 g/mol. The minimum absolute atomic E-state index is 0.0531. The molecule has 1 aliphatic rings. The third-order valence-corrected chi connectivity index (χ3v) is 10.1. The van der Waals surface area contributed by atoms with Crippen LogP contribution >= 0.6 is 0 Å². The summed E-state index contributed by atoms with van der Waals surface area (Å²) in [6.45, 7) is 4.34. The van der Waals surface area contributed by atoms with Gasteiger partial charge >= 0.3 is 5.69 Å². The van der Waals surface area contributed by atoms with Gasteiger partial charge in [-0.25, -0.2) is 4.79 Å². The number of benzene rings is 3. The molecule has 1 fully saturated rings. The number of nitrogens with one attached hydrogen (secondary N) is 2. The highest BCUT2D eigenvalue weighted by Crippen LogP contribution is 2.36. The second-order valence-electron chi connectivity index (χ2n) is 13.9. The molecule has 0 saturated carbocycles. The molecule has 5 heterocycles. The van der Waals surface area contributed by atoms with Crippen molar-refractivity contribution in [2.45, 2.75) is 38.5 Å². The lowest BCUT2D eigenvalue weighted by Crippen LogP contribution is -2.39. The Kier molecular flexibility index (Phi) is 8.66. The number of carbonyl (C=O) groups is 3. The van der Waals surface area contributed by atoms with Gasteiger partial charge in [-0.15, -0.1) is 0 Å². The van der Waals surface area contributed by atoms with Crippen LogP contribution < -0.4 is 16.3 Å². The Balaban J connectivity index is 0.969. The highest BCUT2D eigenvalue weighted by Gasteiger charge is 2.29. The molecule has 2 N–H and O–H groups in total. The van der Waals surface area contributed by atoms with E-state index in [1.54, 1.807) is 40.6 Å². The topological polar surface area (TPSA) is 141 Å². The van der Waals surface area contributed by atoms with Crippen LogP contribution in [0.25, 0.3) is 55.2 Å². The van der Waals surface area contributed by atoms with Crippen molar-refractivity contribution >= 4 is 50.5 Å². The number of furan rings is 1. The number of amides is 3.